The molecule has 6 nitrogen and oxygen atoms in total. The first-order valence-electron chi connectivity index (χ1n) is 8.07. The van der Waals surface area contributed by atoms with Crippen LogP contribution in [0.5, 0.6) is 5.75 Å². The van der Waals surface area contributed by atoms with E-state index in [0.29, 0.717) is 19.6 Å². The molecule has 3 rings (SSSR count). The lowest BCUT2D eigenvalue weighted by Crippen LogP contribution is -2.34. The first-order valence-corrected chi connectivity index (χ1v) is 9.92. The van der Waals surface area contributed by atoms with Gasteiger partial charge in [-0.1, -0.05) is 18.2 Å². The van der Waals surface area contributed by atoms with Crippen LogP contribution in [0.1, 0.15) is 12.1 Å². The lowest BCUT2D eigenvalue weighted by Gasteiger charge is -2.20. The molecule has 0 aliphatic carbocycles. The summed E-state index contributed by atoms with van der Waals surface area (Å²) < 4.78 is 30.4. The Morgan fingerprint density at radius 2 is 1.96 bits per heavy atom. The van der Waals surface area contributed by atoms with Crippen molar-refractivity contribution in [1.29, 1.82) is 0 Å². The lowest BCUT2D eigenvalue weighted by molar-refractivity contribution is 0.276. The molecular weight excluding hydrogens is 326 g/mol. The van der Waals surface area contributed by atoms with E-state index in [9.17, 15) is 8.42 Å². The third-order valence-corrected chi connectivity index (χ3v) is 5.67. The van der Waals surface area contributed by atoms with E-state index in [0.717, 1.165) is 41.9 Å². The number of benzene rings is 1. The van der Waals surface area contributed by atoms with E-state index in [1.807, 2.05) is 24.3 Å². The highest BCUT2D eigenvalue weighted by Crippen LogP contribution is 2.24. The minimum Gasteiger partial charge on any atom is -0.494 e. The summed E-state index contributed by atoms with van der Waals surface area (Å²) in [5.41, 5.74) is 1.84. The van der Waals surface area contributed by atoms with Gasteiger partial charge in [-0.25, -0.2) is 17.7 Å². The Morgan fingerprint density at radius 1 is 1.12 bits per heavy atom. The Balaban J connectivity index is 1.75. The summed E-state index contributed by atoms with van der Waals surface area (Å²) in [6, 6.07) is 9.97. The normalized spacial score (nSPS) is 17.8. The van der Waals surface area contributed by atoms with Gasteiger partial charge in [0, 0.05) is 31.6 Å². The molecule has 1 aromatic heterocycles. The molecular formula is C17H23N3O3S. The van der Waals surface area contributed by atoms with Crippen LogP contribution in [-0.2, 0) is 16.6 Å². The van der Waals surface area contributed by atoms with Gasteiger partial charge in [0.05, 0.1) is 19.1 Å². The van der Waals surface area contributed by atoms with Crippen molar-refractivity contribution in [1.82, 2.24) is 14.2 Å². The van der Waals surface area contributed by atoms with E-state index in [1.54, 1.807) is 11.4 Å². The van der Waals surface area contributed by atoms with E-state index in [4.69, 9.17) is 9.72 Å². The molecule has 0 unspecified atom stereocenters. The summed E-state index contributed by atoms with van der Waals surface area (Å²) in [4.78, 5) is 7.00. The monoisotopic (exact) mass is 349 g/mol. The third kappa shape index (κ3) is 3.85. The second kappa shape index (κ2) is 7.04. The van der Waals surface area contributed by atoms with Gasteiger partial charge < -0.3 is 4.74 Å². The molecule has 1 saturated heterocycles. The van der Waals surface area contributed by atoms with Gasteiger partial charge in [0.15, 0.2) is 0 Å². The maximum absolute atomic E-state index is 11.7. The van der Waals surface area contributed by atoms with Crippen LogP contribution in [0.4, 0.5) is 0 Å². The minimum absolute atomic E-state index is 0.537. The van der Waals surface area contributed by atoms with Gasteiger partial charge in [0.1, 0.15) is 11.3 Å². The van der Waals surface area contributed by atoms with Crippen molar-refractivity contribution in [3.05, 3.63) is 36.0 Å². The number of fused-ring (bicyclic) bond motifs is 1. The van der Waals surface area contributed by atoms with E-state index >= 15 is 0 Å². The zero-order valence-corrected chi connectivity index (χ0v) is 14.9. The minimum atomic E-state index is -3.11. The fraction of sp³-hybridized carbons (Fsp3) is 0.471. The van der Waals surface area contributed by atoms with Crippen LogP contribution in [0.3, 0.4) is 0 Å². The highest BCUT2D eigenvalue weighted by molar-refractivity contribution is 7.88. The number of para-hydroxylation sites is 1. The Morgan fingerprint density at radius 3 is 2.71 bits per heavy atom. The Kier molecular flexibility index (Phi) is 5.03. The molecule has 1 fully saturated rings. The van der Waals surface area contributed by atoms with E-state index in [-0.39, 0.29) is 0 Å². The molecule has 1 aliphatic heterocycles. The molecule has 0 amide bonds. The maximum atomic E-state index is 11.7. The summed E-state index contributed by atoms with van der Waals surface area (Å²) >= 11 is 0. The van der Waals surface area contributed by atoms with Crippen LogP contribution in [0.15, 0.2) is 30.3 Å². The molecule has 1 aromatic carbocycles. The number of ether oxygens (including phenoxy) is 1. The third-order valence-electron chi connectivity index (χ3n) is 4.36. The second-order valence-electron chi connectivity index (χ2n) is 6.13. The number of nitrogens with zero attached hydrogens (tertiary/aromatic N) is 3. The fourth-order valence-corrected chi connectivity index (χ4v) is 3.95. The SMILES string of the molecule is COc1cccc2ccc(CN3CCCN(S(C)(=O)=O)CC3)nc12. The van der Waals surface area contributed by atoms with Crippen LogP contribution in [0.2, 0.25) is 0 Å². The molecule has 2 heterocycles. The second-order valence-corrected chi connectivity index (χ2v) is 8.11. The molecule has 0 atom stereocenters. The molecule has 1 aliphatic rings. The molecule has 24 heavy (non-hydrogen) atoms. The largest absolute Gasteiger partial charge is 0.494 e. The molecule has 0 saturated carbocycles. The lowest BCUT2D eigenvalue weighted by atomic mass is 10.2. The first kappa shape index (κ1) is 17.1. The van der Waals surface area contributed by atoms with Crippen molar-refractivity contribution in [3.63, 3.8) is 0 Å². The summed E-state index contributed by atoms with van der Waals surface area (Å²) in [5.74, 6) is 0.772. The summed E-state index contributed by atoms with van der Waals surface area (Å²) in [6.45, 7) is 3.44. The van der Waals surface area contributed by atoms with Crippen LogP contribution >= 0.6 is 0 Å². The van der Waals surface area contributed by atoms with Crippen LogP contribution in [-0.4, -0.2) is 62.2 Å². The van der Waals surface area contributed by atoms with Gasteiger partial charge in [-0.15, -0.1) is 0 Å². The smallest absolute Gasteiger partial charge is 0.211 e. The maximum Gasteiger partial charge on any atom is 0.211 e. The number of pyridine rings is 1. The highest BCUT2D eigenvalue weighted by Gasteiger charge is 2.21. The van der Waals surface area contributed by atoms with Crippen LogP contribution in [0.25, 0.3) is 10.9 Å². The molecule has 130 valence electrons. The topological polar surface area (TPSA) is 62.7 Å². The molecule has 0 N–H and O–H groups in total. The van der Waals surface area contributed by atoms with Crippen molar-refractivity contribution in [2.75, 3.05) is 39.5 Å². The average molecular weight is 349 g/mol. The standard InChI is InChI=1S/C17H23N3O3S/c1-23-16-6-3-5-14-7-8-15(18-17(14)16)13-19-9-4-10-20(12-11-19)24(2,21)22/h3,5-8H,4,9-13H2,1-2H3. The van der Waals surface area contributed by atoms with E-state index < -0.39 is 10.0 Å². The Labute approximate surface area is 143 Å². The molecule has 0 radical (unpaired) electrons. The fourth-order valence-electron chi connectivity index (χ4n) is 3.08. The van der Waals surface area contributed by atoms with Gasteiger partial charge in [-0.2, -0.15) is 0 Å². The van der Waals surface area contributed by atoms with Gasteiger partial charge in [0.25, 0.3) is 0 Å². The summed E-state index contributed by atoms with van der Waals surface area (Å²) in [6.07, 6.45) is 2.11. The highest BCUT2D eigenvalue weighted by atomic mass is 32.2. The predicted octanol–water partition coefficient (Wildman–Crippen LogP) is 1.71. The number of methoxy groups -OCH3 is 1. The molecule has 0 bridgehead atoms. The number of aromatic nitrogens is 1. The van der Waals surface area contributed by atoms with Crippen LogP contribution in [0, 0.1) is 0 Å². The molecule has 7 heteroatoms. The average Bonchev–Trinajstić information content (AvgIpc) is 2.79. The molecule has 0 spiro atoms. The quantitative estimate of drug-likeness (QED) is 0.841. The van der Waals surface area contributed by atoms with Crippen LogP contribution < -0.4 is 4.74 Å². The Bertz CT molecular complexity index is 823. The first-order chi connectivity index (χ1) is 11.5. The van der Waals surface area contributed by atoms with E-state index in [2.05, 4.69) is 11.0 Å². The number of hydrogen-bond acceptors (Lipinski definition) is 5. The number of hydrogen-bond donors (Lipinski definition) is 0. The predicted molar refractivity (Wildman–Crippen MR) is 94.6 cm³/mol. The van der Waals surface area contributed by atoms with Crippen molar-refractivity contribution >= 4 is 20.9 Å². The zero-order chi connectivity index (χ0) is 17.2. The van der Waals surface area contributed by atoms with Gasteiger partial charge in [-0.3, -0.25) is 4.90 Å². The van der Waals surface area contributed by atoms with Gasteiger partial charge in [-0.05, 0) is 25.1 Å². The molecule has 2 aromatic rings. The number of sulfonamides is 1. The number of rotatable bonds is 4. The van der Waals surface area contributed by atoms with Crippen molar-refractivity contribution in [2.24, 2.45) is 0 Å². The van der Waals surface area contributed by atoms with Crippen molar-refractivity contribution in [3.8, 4) is 5.75 Å². The van der Waals surface area contributed by atoms with E-state index in [1.165, 1.54) is 6.26 Å². The van der Waals surface area contributed by atoms with Crippen molar-refractivity contribution < 1.29 is 13.2 Å². The van der Waals surface area contributed by atoms with Gasteiger partial charge >= 0.3 is 0 Å². The Hall–Kier alpha value is -1.70. The summed E-state index contributed by atoms with van der Waals surface area (Å²) in [5, 5.41) is 1.05. The zero-order valence-electron chi connectivity index (χ0n) is 14.1. The van der Waals surface area contributed by atoms with Gasteiger partial charge in [0.2, 0.25) is 10.0 Å². The summed E-state index contributed by atoms with van der Waals surface area (Å²) in [7, 11) is -1.46. The van der Waals surface area contributed by atoms with Crippen molar-refractivity contribution in [2.45, 2.75) is 13.0 Å².